The van der Waals surface area contributed by atoms with Crippen molar-refractivity contribution in [2.75, 3.05) is 0 Å². The van der Waals surface area contributed by atoms with Crippen molar-refractivity contribution in [2.24, 2.45) is 0 Å². The van der Waals surface area contributed by atoms with E-state index in [1.54, 1.807) is 30.3 Å². The van der Waals surface area contributed by atoms with Gasteiger partial charge in [0.25, 0.3) is 5.91 Å². The maximum absolute atomic E-state index is 12.1. The molecule has 0 atom stereocenters. The number of nitrogens with zero attached hydrogens (tertiary/aromatic N) is 2. The van der Waals surface area contributed by atoms with Crippen molar-refractivity contribution in [2.45, 2.75) is 4.90 Å². The molecular formula is C13H9N3O6S. The third-order valence-corrected chi connectivity index (χ3v) is 3.54. The van der Waals surface area contributed by atoms with Gasteiger partial charge in [-0.3, -0.25) is 29.7 Å². The highest BCUT2D eigenvalue weighted by molar-refractivity contribution is 7.98. The number of nitrogens with one attached hydrogen (secondary N) is 1. The number of phenols is 1. The van der Waals surface area contributed by atoms with E-state index in [2.05, 4.69) is 4.72 Å². The van der Waals surface area contributed by atoms with Crippen molar-refractivity contribution >= 4 is 29.2 Å². The average Bonchev–Trinajstić information content (AvgIpc) is 2.52. The Balaban J connectivity index is 2.35. The highest BCUT2D eigenvalue weighted by Crippen LogP contribution is 2.38. The van der Waals surface area contributed by atoms with Gasteiger partial charge < -0.3 is 5.11 Å². The lowest BCUT2D eigenvalue weighted by Crippen LogP contribution is -2.18. The van der Waals surface area contributed by atoms with Crippen molar-refractivity contribution in [3.05, 3.63) is 68.3 Å². The Morgan fingerprint density at radius 3 is 2.17 bits per heavy atom. The lowest BCUT2D eigenvalue weighted by atomic mass is 10.1. The molecule has 0 bridgehead atoms. The fraction of sp³-hybridized carbons (Fsp3) is 0. The molecular weight excluding hydrogens is 326 g/mol. The zero-order chi connectivity index (χ0) is 17.0. The predicted octanol–water partition coefficient (Wildman–Crippen LogP) is 2.65. The number of rotatable bonds is 5. The van der Waals surface area contributed by atoms with E-state index in [1.807, 2.05) is 0 Å². The minimum atomic E-state index is -1.12. The zero-order valence-electron chi connectivity index (χ0n) is 11.3. The molecule has 2 rings (SSSR count). The summed E-state index contributed by atoms with van der Waals surface area (Å²) in [6.45, 7) is 0. The summed E-state index contributed by atoms with van der Waals surface area (Å²) in [6.07, 6.45) is 0. The van der Waals surface area contributed by atoms with Crippen LogP contribution < -0.4 is 4.72 Å². The number of benzene rings is 2. The van der Waals surface area contributed by atoms with Gasteiger partial charge in [0.05, 0.1) is 9.85 Å². The van der Waals surface area contributed by atoms with E-state index in [9.17, 15) is 30.1 Å². The van der Waals surface area contributed by atoms with Crippen molar-refractivity contribution in [1.82, 2.24) is 4.72 Å². The molecule has 2 aromatic carbocycles. The maximum Gasteiger partial charge on any atom is 0.387 e. The van der Waals surface area contributed by atoms with Crippen LogP contribution in [0.1, 0.15) is 10.4 Å². The third-order valence-electron chi connectivity index (χ3n) is 2.74. The number of nitro benzene ring substituents is 2. The number of amides is 1. The molecule has 0 saturated heterocycles. The van der Waals surface area contributed by atoms with E-state index >= 15 is 0 Å². The number of hydrogen-bond donors (Lipinski definition) is 2. The van der Waals surface area contributed by atoms with E-state index < -0.39 is 38.4 Å². The molecule has 0 fully saturated rings. The van der Waals surface area contributed by atoms with Crippen molar-refractivity contribution in [3.63, 3.8) is 0 Å². The van der Waals surface area contributed by atoms with Crippen molar-refractivity contribution in [3.8, 4) is 5.75 Å². The molecule has 118 valence electrons. The summed E-state index contributed by atoms with van der Waals surface area (Å²) in [7, 11) is 0. The SMILES string of the molecule is O=C(NSc1ccccc1)c1ccc(O)c([N+](=O)[O-])c1[N+](=O)[O-]. The summed E-state index contributed by atoms with van der Waals surface area (Å²) in [5.74, 6) is -1.76. The van der Waals surface area contributed by atoms with E-state index in [0.717, 1.165) is 24.1 Å². The van der Waals surface area contributed by atoms with Gasteiger partial charge in [0.1, 0.15) is 5.56 Å². The van der Waals surface area contributed by atoms with Gasteiger partial charge in [-0.2, -0.15) is 0 Å². The molecule has 23 heavy (non-hydrogen) atoms. The molecule has 0 aromatic heterocycles. The lowest BCUT2D eigenvalue weighted by molar-refractivity contribution is -0.423. The highest BCUT2D eigenvalue weighted by atomic mass is 32.2. The van der Waals surface area contributed by atoms with Crippen LogP contribution in [0.4, 0.5) is 11.4 Å². The number of phenolic OH excluding ortho intramolecular Hbond substituents is 1. The minimum absolute atomic E-state index is 0.511. The van der Waals surface area contributed by atoms with Gasteiger partial charge in [0.15, 0.2) is 0 Å². The molecule has 0 radical (unpaired) electrons. The fourth-order valence-electron chi connectivity index (χ4n) is 1.77. The second-order valence-electron chi connectivity index (χ2n) is 4.19. The predicted molar refractivity (Wildman–Crippen MR) is 81.2 cm³/mol. The Morgan fingerprint density at radius 2 is 1.61 bits per heavy atom. The molecule has 0 aliphatic rings. The Kier molecular flexibility index (Phi) is 4.76. The number of carbonyl (C=O) groups excluding carboxylic acids is 1. The smallest absolute Gasteiger partial charge is 0.387 e. The van der Waals surface area contributed by atoms with Crippen LogP contribution in [0.5, 0.6) is 5.75 Å². The standard InChI is InChI=1S/C13H9N3O6S/c17-10-7-6-9(11(15(19)20)12(10)16(21)22)13(18)14-23-8-4-2-1-3-5-8/h1-7,17H,(H,14,18). The van der Waals surface area contributed by atoms with Crippen LogP contribution in [0.25, 0.3) is 0 Å². The van der Waals surface area contributed by atoms with E-state index in [0.29, 0.717) is 4.90 Å². The molecule has 10 heteroatoms. The zero-order valence-corrected chi connectivity index (χ0v) is 12.1. The molecule has 2 N–H and O–H groups in total. The molecule has 2 aromatic rings. The van der Waals surface area contributed by atoms with Crippen LogP contribution in [-0.4, -0.2) is 20.9 Å². The third kappa shape index (κ3) is 3.55. The van der Waals surface area contributed by atoms with Gasteiger partial charge in [-0.15, -0.1) is 0 Å². The van der Waals surface area contributed by atoms with Crippen LogP contribution in [0.3, 0.4) is 0 Å². The summed E-state index contributed by atoms with van der Waals surface area (Å²) in [5.41, 5.74) is -2.68. The van der Waals surface area contributed by atoms with Crippen LogP contribution in [0, 0.1) is 20.2 Å². The largest absolute Gasteiger partial charge is 0.502 e. The van der Waals surface area contributed by atoms with Gasteiger partial charge in [-0.05, 0) is 36.2 Å². The van der Waals surface area contributed by atoms with Gasteiger partial charge in [0, 0.05) is 4.90 Å². The molecule has 0 unspecified atom stereocenters. The topological polar surface area (TPSA) is 136 Å². The van der Waals surface area contributed by atoms with E-state index in [4.69, 9.17) is 0 Å². The molecule has 0 aliphatic heterocycles. The Morgan fingerprint density at radius 1 is 1.00 bits per heavy atom. The minimum Gasteiger partial charge on any atom is -0.502 e. The normalized spacial score (nSPS) is 10.1. The molecule has 0 spiro atoms. The summed E-state index contributed by atoms with van der Waals surface area (Å²) in [6, 6.07) is 10.5. The second-order valence-corrected chi connectivity index (χ2v) is 5.07. The summed E-state index contributed by atoms with van der Waals surface area (Å²) < 4.78 is 2.37. The van der Waals surface area contributed by atoms with Crippen LogP contribution in [0.15, 0.2) is 47.4 Å². The number of nitro groups is 2. The number of carbonyl (C=O) groups is 1. The van der Waals surface area contributed by atoms with E-state index in [-0.39, 0.29) is 0 Å². The molecule has 0 aliphatic carbocycles. The Hall–Kier alpha value is -3.14. The maximum atomic E-state index is 12.1. The Bertz CT molecular complexity index is 781. The summed E-state index contributed by atoms with van der Waals surface area (Å²) in [4.78, 5) is 32.6. The molecule has 9 nitrogen and oxygen atoms in total. The monoisotopic (exact) mass is 335 g/mol. The molecule has 0 saturated carbocycles. The first-order valence-electron chi connectivity index (χ1n) is 6.08. The van der Waals surface area contributed by atoms with Crippen LogP contribution in [0.2, 0.25) is 0 Å². The first kappa shape index (κ1) is 16.2. The van der Waals surface area contributed by atoms with Gasteiger partial charge in [0.2, 0.25) is 5.75 Å². The van der Waals surface area contributed by atoms with Gasteiger partial charge in [-0.25, -0.2) is 0 Å². The fourth-order valence-corrected chi connectivity index (χ4v) is 2.38. The lowest BCUT2D eigenvalue weighted by Gasteiger charge is -2.06. The highest BCUT2D eigenvalue weighted by Gasteiger charge is 2.35. The number of aromatic hydroxyl groups is 1. The summed E-state index contributed by atoms with van der Waals surface area (Å²) >= 11 is 0.908. The molecule has 1 amide bonds. The Labute approximate surface area is 133 Å². The average molecular weight is 335 g/mol. The summed E-state index contributed by atoms with van der Waals surface area (Å²) in [5, 5.41) is 31.4. The first-order valence-corrected chi connectivity index (χ1v) is 6.90. The quantitative estimate of drug-likeness (QED) is 0.487. The van der Waals surface area contributed by atoms with E-state index in [1.165, 1.54) is 0 Å². The van der Waals surface area contributed by atoms with Gasteiger partial charge >= 0.3 is 11.4 Å². The van der Waals surface area contributed by atoms with Crippen LogP contribution >= 0.6 is 11.9 Å². The van der Waals surface area contributed by atoms with Crippen molar-refractivity contribution in [1.29, 1.82) is 0 Å². The second kappa shape index (κ2) is 6.75. The van der Waals surface area contributed by atoms with Crippen LogP contribution in [-0.2, 0) is 0 Å². The van der Waals surface area contributed by atoms with Crippen molar-refractivity contribution < 1.29 is 19.7 Å². The van der Waals surface area contributed by atoms with Gasteiger partial charge in [-0.1, -0.05) is 18.2 Å². The molecule has 0 heterocycles. The first-order chi connectivity index (χ1) is 10.9. The number of hydrogen-bond acceptors (Lipinski definition) is 7.